The number of aliphatic hydroxyl groups excluding tert-OH is 1. The third kappa shape index (κ3) is 3.17. The lowest BCUT2D eigenvalue weighted by atomic mass is 10.1. The van der Waals surface area contributed by atoms with Gasteiger partial charge in [-0.1, -0.05) is 0 Å². The Bertz CT molecular complexity index is 485. The zero-order chi connectivity index (χ0) is 13.9. The number of hydrogen-bond donors (Lipinski definition) is 3. The van der Waals surface area contributed by atoms with Crippen LogP contribution in [-0.2, 0) is 0 Å². The van der Waals surface area contributed by atoms with E-state index in [0.29, 0.717) is 5.56 Å². The van der Waals surface area contributed by atoms with Gasteiger partial charge in [-0.25, -0.2) is 0 Å². The number of nitrogens with one attached hydrogen (secondary N) is 1. The van der Waals surface area contributed by atoms with Crippen LogP contribution in [0.15, 0.2) is 12.1 Å². The molecule has 0 aliphatic carbocycles. The molecule has 18 heavy (non-hydrogen) atoms. The van der Waals surface area contributed by atoms with E-state index in [1.807, 2.05) is 0 Å². The summed E-state index contributed by atoms with van der Waals surface area (Å²) in [5.74, 6) is -0.541. The molecule has 0 saturated carbocycles. The third-order valence-electron chi connectivity index (χ3n) is 2.30. The first-order chi connectivity index (χ1) is 8.32. The molecule has 1 rings (SSSR count). The Morgan fingerprint density at radius 2 is 2.22 bits per heavy atom. The average molecular weight is 253 g/mol. The molecule has 1 amide bonds. The molecular weight excluding hydrogens is 238 g/mol. The van der Waals surface area contributed by atoms with Crippen LogP contribution in [0.5, 0.6) is 0 Å². The lowest BCUT2D eigenvalue weighted by Crippen LogP contribution is -2.31. The third-order valence-corrected chi connectivity index (χ3v) is 2.30. The van der Waals surface area contributed by atoms with E-state index in [0.717, 1.165) is 0 Å². The highest BCUT2D eigenvalue weighted by Gasteiger charge is 2.20. The highest BCUT2D eigenvalue weighted by Crippen LogP contribution is 2.26. The van der Waals surface area contributed by atoms with Crippen LogP contribution in [-0.4, -0.2) is 28.6 Å². The van der Waals surface area contributed by atoms with Crippen molar-refractivity contribution in [1.29, 1.82) is 0 Å². The van der Waals surface area contributed by atoms with Crippen LogP contribution in [0.3, 0.4) is 0 Å². The summed E-state index contributed by atoms with van der Waals surface area (Å²) >= 11 is 0. The average Bonchev–Trinajstić information content (AvgIpc) is 2.28. The summed E-state index contributed by atoms with van der Waals surface area (Å²) in [7, 11) is 0. The quantitative estimate of drug-likeness (QED) is 0.412. The van der Waals surface area contributed by atoms with Crippen molar-refractivity contribution in [2.45, 2.75) is 20.0 Å². The number of anilines is 1. The minimum Gasteiger partial charge on any atom is -0.393 e. The van der Waals surface area contributed by atoms with E-state index >= 15 is 0 Å². The van der Waals surface area contributed by atoms with Crippen molar-refractivity contribution < 1.29 is 14.8 Å². The largest absolute Gasteiger partial charge is 0.393 e. The number of nitrogens with zero attached hydrogens (tertiary/aromatic N) is 1. The van der Waals surface area contributed by atoms with Gasteiger partial charge in [-0.3, -0.25) is 14.9 Å². The molecule has 0 saturated heterocycles. The van der Waals surface area contributed by atoms with Gasteiger partial charge in [0.1, 0.15) is 5.69 Å². The molecule has 0 aromatic heterocycles. The fourth-order valence-corrected chi connectivity index (χ4v) is 1.45. The second kappa shape index (κ2) is 5.46. The van der Waals surface area contributed by atoms with Gasteiger partial charge in [-0.05, 0) is 25.5 Å². The zero-order valence-electron chi connectivity index (χ0n) is 10.1. The maximum absolute atomic E-state index is 11.8. The SMILES string of the molecule is Cc1cc(C(=O)NCC(C)O)c(N)c([N+](=O)[O-])c1. The summed E-state index contributed by atoms with van der Waals surface area (Å²) < 4.78 is 0. The molecular formula is C11H15N3O4. The Labute approximate surface area is 104 Å². The highest BCUT2D eigenvalue weighted by molar-refractivity contribution is 6.01. The maximum Gasteiger partial charge on any atom is 0.293 e. The monoisotopic (exact) mass is 253 g/mol. The number of amides is 1. The minimum atomic E-state index is -0.699. The zero-order valence-corrected chi connectivity index (χ0v) is 10.1. The van der Waals surface area contributed by atoms with Gasteiger partial charge in [-0.2, -0.15) is 0 Å². The highest BCUT2D eigenvalue weighted by atomic mass is 16.6. The van der Waals surface area contributed by atoms with Crippen LogP contribution >= 0.6 is 0 Å². The molecule has 98 valence electrons. The number of benzene rings is 1. The topological polar surface area (TPSA) is 118 Å². The molecule has 1 unspecified atom stereocenters. The summed E-state index contributed by atoms with van der Waals surface area (Å²) in [4.78, 5) is 21.9. The number of hydrogen-bond acceptors (Lipinski definition) is 5. The Kier molecular flexibility index (Phi) is 4.22. The van der Waals surface area contributed by atoms with Crippen molar-refractivity contribution in [2.75, 3.05) is 12.3 Å². The summed E-state index contributed by atoms with van der Waals surface area (Å²) in [5, 5.41) is 22.3. The molecule has 0 heterocycles. The molecule has 4 N–H and O–H groups in total. The fourth-order valence-electron chi connectivity index (χ4n) is 1.45. The number of rotatable bonds is 4. The van der Waals surface area contributed by atoms with Crippen LogP contribution in [0.2, 0.25) is 0 Å². The van der Waals surface area contributed by atoms with Crippen molar-refractivity contribution in [2.24, 2.45) is 0 Å². The molecule has 7 heteroatoms. The molecule has 0 aliphatic heterocycles. The van der Waals surface area contributed by atoms with Crippen molar-refractivity contribution in [3.8, 4) is 0 Å². The van der Waals surface area contributed by atoms with Crippen LogP contribution in [0.25, 0.3) is 0 Å². The van der Waals surface area contributed by atoms with Crippen LogP contribution < -0.4 is 11.1 Å². The molecule has 1 atom stereocenters. The first kappa shape index (κ1) is 13.9. The lowest BCUT2D eigenvalue weighted by molar-refractivity contribution is -0.384. The first-order valence-electron chi connectivity index (χ1n) is 5.33. The lowest BCUT2D eigenvalue weighted by Gasteiger charge is -2.10. The van der Waals surface area contributed by atoms with E-state index in [1.165, 1.54) is 19.1 Å². The molecule has 7 nitrogen and oxygen atoms in total. The number of aryl methyl sites for hydroxylation is 1. The standard InChI is InChI=1S/C11H15N3O4/c1-6-3-8(11(16)13-5-7(2)15)10(12)9(4-6)14(17)18/h3-4,7,15H,5,12H2,1-2H3,(H,13,16). The number of nitro benzene ring substituents is 1. The van der Waals surface area contributed by atoms with Gasteiger partial charge < -0.3 is 16.2 Å². The van der Waals surface area contributed by atoms with Gasteiger partial charge in [-0.15, -0.1) is 0 Å². The molecule has 0 spiro atoms. The van der Waals surface area contributed by atoms with Gasteiger partial charge in [0.15, 0.2) is 0 Å². The van der Waals surface area contributed by atoms with Gasteiger partial charge in [0.2, 0.25) is 0 Å². The Balaban J connectivity index is 3.09. The summed E-state index contributed by atoms with van der Waals surface area (Å²) in [5.41, 5.74) is 5.74. The smallest absolute Gasteiger partial charge is 0.293 e. The first-order valence-corrected chi connectivity index (χ1v) is 5.33. The van der Waals surface area contributed by atoms with Crippen LogP contribution in [0.1, 0.15) is 22.8 Å². The Morgan fingerprint density at radius 1 is 1.61 bits per heavy atom. The molecule has 0 aliphatic rings. The van der Waals surface area contributed by atoms with Gasteiger partial charge in [0.05, 0.1) is 16.6 Å². The number of nitrogens with two attached hydrogens (primary N) is 1. The molecule has 0 bridgehead atoms. The van der Waals surface area contributed by atoms with Gasteiger partial charge in [0, 0.05) is 12.6 Å². The minimum absolute atomic E-state index is 0.0438. The number of nitro groups is 1. The Hall–Kier alpha value is -2.15. The summed E-state index contributed by atoms with van der Waals surface area (Å²) in [6.07, 6.45) is -0.699. The molecule has 1 aromatic rings. The van der Waals surface area contributed by atoms with E-state index in [-0.39, 0.29) is 23.5 Å². The van der Waals surface area contributed by atoms with Crippen LogP contribution in [0, 0.1) is 17.0 Å². The van der Waals surface area contributed by atoms with E-state index in [2.05, 4.69) is 5.32 Å². The number of carbonyl (C=O) groups excluding carboxylic acids is 1. The maximum atomic E-state index is 11.8. The second-order valence-electron chi connectivity index (χ2n) is 4.06. The van der Waals surface area contributed by atoms with Crippen molar-refractivity contribution >= 4 is 17.3 Å². The molecule has 1 aromatic carbocycles. The Morgan fingerprint density at radius 3 is 2.72 bits per heavy atom. The number of carbonyl (C=O) groups is 1. The van der Waals surface area contributed by atoms with E-state index < -0.39 is 16.9 Å². The van der Waals surface area contributed by atoms with Crippen molar-refractivity contribution in [1.82, 2.24) is 5.32 Å². The van der Waals surface area contributed by atoms with Gasteiger partial charge in [0.25, 0.3) is 11.6 Å². The molecule has 0 radical (unpaired) electrons. The van der Waals surface area contributed by atoms with E-state index in [9.17, 15) is 14.9 Å². The fraction of sp³-hybridized carbons (Fsp3) is 0.364. The van der Waals surface area contributed by atoms with E-state index in [1.54, 1.807) is 6.92 Å². The van der Waals surface area contributed by atoms with Crippen LogP contribution in [0.4, 0.5) is 11.4 Å². The summed E-state index contributed by atoms with van der Waals surface area (Å²) in [6, 6.07) is 2.78. The van der Waals surface area contributed by atoms with Gasteiger partial charge >= 0.3 is 0 Å². The summed E-state index contributed by atoms with van der Waals surface area (Å²) in [6.45, 7) is 3.21. The predicted octanol–water partition coefficient (Wildman–Crippen LogP) is 0.596. The van der Waals surface area contributed by atoms with Crippen molar-refractivity contribution in [3.63, 3.8) is 0 Å². The number of nitrogen functional groups attached to an aromatic ring is 1. The number of aliphatic hydroxyl groups is 1. The second-order valence-corrected chi connectivity index (χ2v) is 4.06. The normalized spacial score (nSPS) is 11.9. The van der Waals surface area contributed by atoms with Crippen molar-refractivity contribution in [3.05, 3.63) is 33.4 Å². The molecule has 0 fully saturated rings. The van der Waals surface area contributed by atoms with E-state index in [4.69, 9.17) is 10.8 Å². The predicted molar refractivity (Wildman–Crippen MR) is 66.3 cm³/mol.